The van der Waals surface area contributed by atoms with Crippen molar-refractivity contribution in [2.45, 2.75) is 6.18 Å². The zero-order chi connectivity index (χ0) is 13.9. The first-order chi connectivity index (χ1) is 8.96. The van der Waals surface area contributed by atoms with Crippen LogP contribution in [0.4, 0.5) is 23.7 Å². The highest BCUT2D eigenvalue weighted by atomic mass is 19.4. The standard InChI is InChI=1S/C12H9F3N2O2/c13-12(14,15)7-19-11(18)17-10-3-1-2-8-6-16-5-4-9(8)10/h1-6H,7H2,(H,17,18). The lowest BCUT2D eigenvalue weighted by Crippen LogP contribution is -2.23. The molecule has 1 aromatic heterocycles. The van der Waals surface area contributed by atoms with Crippen molar-refractivity contribution in [3.63, 3.8) is 0 Å². The monoisotopic (exact) mass is 270 g/mol. The van der Waals surface area contributed by atoms with E-state index >= 15 is 0 Å². The number of anilines is 1. The van der Waals surface area contributed by atoms with Crippen LogP contribution in [0.5, 0.6) is 0 Å². The van der Waals surface area contributed by atoms with Gasteiger partial charge in [0.1, 0.15) is 0 Å². The Morgan fingerprint density at radius 2 is 2.11 bits per heavy atom. The van der Waals surface area contributed by atoms with Crippen LogP contribution in [0.3, 0.4) is 0 Å². The van der Waals surface area contributed by atoms with Crippen LogP contribution in [0.25, 0.3) is 10.8 Å². The van der Waals surface area contributed by atoms with Crippen LogP contribution < -0.4 is 5.32 Å². The lowest BCUT2D eigenvalue weighted by Gasteiger charge is -2.10. The molecule has 4 nitrogen and oxygen atoms in total. The van der Waals surface area contributed by atoms with Gasteiger partial charge >= 0.3 is 12.3 Å². The molecule has 0 aliphatic heterocycles. The molecule has 0 unspecified atom stereocenters. The number of alkyl halides is 3. The molecule has 1 heterocycles. The summed E-state index contributed by atoms with van der Waals surface area (Å²) in [5.41, 5.74) is 0.368. The molecule has 0 fully saturated rings. The van der Waals surface area contributed by atoms with Crippen molar-refractivity contribution in [1.82, 2.24) is 4.98 Å². The number of nitrogens with one attached hydrogen (secondary N) is 1. The first kappa shape index (κ1) is 13.1. The number of aromatic nitrogens is 1. The van der Waals surface area contributed by atoms with Crippen molar-refractivity contribution in [3.05, 3.63) is 36.7 Å². The van der Waals surface area contributed by atoms with Gasteiger partial charge < -0.3 is 4.74 Å². The van der Waals surface area contributed by atoms with E-state index in [1.807, 2.05) is 0 Å². The van der Waals surface area contributed by atoms with E-state index in [1.165, 1.54) is 6.20 Å². The molecule has 100 valence electrons. The third-order valence-corrected chi connectivity index (χ3v) is 2.28. The minimum Gasteiger partial charge on any atom is -0.440 e. The zero-order valence-electron chi connectivity index (χ0n) is 9.57. The fourth-order valence-electron chi connectivity index (χ4n) is 1.52. The van der Waals surface area contributed by atoms with Crippen molar-refractivity contribution in [2.24, 2.45) is 0 Å². The molecule has 0 saturated carbocycles. The molecule has 0 aliphatic carbocycles. The number of carbonyl (C=O) groups excluding carboxylic acids is 1. The summed E-state index contributed by atoms with van der Waals surface area (Å²) in [6.07, 6.45) is -2.59. The molecule has 0 aliphatic rings. The Balaban J connectivity index is 2.11. The summed E-state index contributed by atoms with van der Waals surface area (Å²) in [5, 5.41) is 3.70. The maximum Gasteiger partial charge on any atom is 0.422 e. The predicted octanol–water partition coefficient (Wildman–Crippen LogP) is 3.35. The molecule has 19 heavy (non-hydrogen) atoms. The average molecular weight is 270 g/mol. The van der Waals surface area contributed by atoms with Gasteiger partial charge in [-0.05, 0) is 12.1 Å². The van der Waals surface area contributed by atoms with E-state index in [0.29, 0.717) is 11.1 Å². The van der Waals surface area contributed by atoms with E-state index in [2.05, 4.69) is 15.0 Å². The molecule has 7 heteroatoms. The lowest BCUT2D eigenvalue weighted by molar-refractivity contribution is -0.159. The summed E-state index contributed by atoms with van der Waals surface area (Å²) >= 11 is 0. The lowest BCUT2D eigenvalue weighted by atomic mass is 10.1. The quantitative estimate of drug-likeness (QED) is 0.910. The van der Waals surface area contributed by atoms with Crippen LogP contribution in [-0.2, 0) is 4.74 Å². The Morgan fingerprint density at radius 3 is 2.84 bits per heavy atom. The molecule has 2 rings (SSSR count). The van der Waals surface area contributed by atoms with Crippen LogP contribution in [0.2, 0.25) is 0 Å². The number of nitrogens with zero attached hydrogens (tertiary/aromatic N) is 1. The number of hydrogen-bond acceptors (Lipinski definition) is 3. The largest absolute Gasteiger partial charge is 0.440 e. The number of fused-ring (bicyclic) bond motifs is 1. The number of halogens is 3. The van der Waals surface area contributed by atoms with Gasteiger partial charge in [-0.15, -0.1) is 0 Å². The number of pyridine rings is 1. The molecule has 0 bridgehead atoms. The second kappa shape index (κ2) is 5.13. The summed E-state index contributed by atoms with van der Waals surface area (Å²) < 4.78 is 39.8. The number of amides is 1. The topological polar surface area (TPSA) is 51.2 Å². The Labute approximate surface area is 106 Å². The summed E-state index contributed by atoms with van der Waals surface area (Å²) in [4.78, 5) is 15.2. The van der Waals surface area contributed by atoms with Gasteiger partial charge in [0, 0.05) is 23.2 Å². The van der Waals surface area contributed by atoms with E-state index in [-0.39, 0.29) is 0 Å². The maximum absolute atomic E-state index is 11.9. The van der Waals surface area contributed by atoms with Crippen LogP contribution in [0, 0.1) is 0 Å². The van der Waals surface area contributed by atoms with Gasteiger partial charge in [0.2, 0.25) is 0 Å². The minimum absolute atomic E-state index is 0.368. The van der Waals surface area contributed by atoms with Crippen LogP contribution in [-0.4, -0.2) is 23.9 Å². The summed E-state index contributed by atoms with van der Waals surface area (Å²) in [6.45, 7) is -1.62. The second-order valence-electron chi connectivity index (χ2n) is 3.72. The van der Waals surface area contributed by atoms with Crippen molar-refractivity contribution in [2.75, 3.05) is 11.9 Å². The molecule has 0 saturated heterocycles. The first-order valence-electron chi connectivity index (χ1n) is 5.29. The van der Waals surface area contributed by atoms with Gasteiger partial charge in [0.25, 0.3) is 0 Å². The van der Waals surface area contributed by atoms with E-state index in [9.17, 15) is 18.0 Å². The second-order valence-corrected chi connectivity index (χ2v) is 3.72. The molecular formula is C12H9F3N2O2. The van der Waals surface area contributed by atoms with Crippen molar-refractivity contribution >= 4 is 22.6 Å². The predicted molar refractivity (Wildman–Crippen MR) is 62.8 cm³/mol. The van der Waals surface area contributed by atoms with Gasteiger partial charge in [-0.2, -0.15) is 13.2 Å². The first-order valence-corrected chi connectivity index (χ1v) is 5.29. The van der Waals surface area contributed by atoms with Gasteiger partial charge in [-0.3, -0.25) is 10.3 Å². The molecule has 0 atom stereocenters. The van der Waals surface area contributed by atoms with Gasteiger partial charge in [-0.1, -0.05) is 12.1 Å². The number of hydrogen-bond donors (Lipinski definition) is 1. The highest BCUT2D eigenvalue weighted by molar-refractivity contribution is 5.99. The molecule has 1 amide bonds. The number of benzene rings is 1. The van der Waals surface area contributed by atoms with Gasteiger partial charge in [-0.25, -0.2) is 4.79 Å². The maximum atomic E-state index is 11.9. The van der Waals surface area contributed by atoms with E-state index in [0.717, 1.165) is 5.39 Å². The summed E-state index contributed by atoms with van der Waals surface area (Å²) in [7, 11) is 0. The SMILES string of the molecule is O=C(Nc1cccc2cnccc12)OCC(F)(F)F. The van der Waals surface area contributed by atoms with Crippen molar-refractivity contribution < 1.29 is 22.7 Å². The van der Waals surface area contributed by atoms with Crippen molar-refractivity contribution in [3.8, 4) is 0 Å². The Bertz CT molecular complexity index is 594. The van der Waals surface area contributed by atoms with Crippen LogP contribution >= 0.6 is 0 Å². The summed E-state index contributed by atoms with van der Waals surface area (Å²) in [5.74, 6) is 0. The highest BCUT2D eigenvalue weighted by Gasteiger charge is 2.29. The minimum atomic E-state index is -4.54. The van der Waals surface area contributed by atoms with E-state index in [4.69, 9.17) is 0 Å². The van der Waals surface area contributed by atoms with E-state index < -0.39 is 18.9 Å². The van der Waals surface area contributed by atoms with Gasteiger partial charge in [0.15, 0.2) is 6.61 Å². The molecule has 0 spiro atoms. The van der Waals surface area contributed by atoms with Crippen LogP contribution in [0.1, 0.15) is 0 Å². The Hall–Kier alpha value is -2.31. The molecule has 0 radical (unpaired) electrons. The molecule has 1 N–H and O–H groups in total. The Morgan fingerprint density at radius 1 is 1.32 bits per heavy atom. The number of rotatable bonds is 2. The molecule has 2 aromatic rings. The Kier molecular flexibility index (Phi) is 3.55. The zero-order valence-corrected chi connectivity index (χ0v) is 9.57. The fourth-order valence-corrected chi connectivity index (χ4v) is 1.52. The van der Waals surface area contributed by atoms with Gasteiger partial charge in [0.05, 0.1) is 5.69 Å². The van der Waals surface area contributed by atoms with Crippen molar-refractivity contribution in [1.29, 1.82) is 0 Å². The highest BCUT2D eigenvalue weighted by Crippen LogP contribution is 2.22. The van der Waals surface area contributed by atoms with E-state index in [1.54, 1.807) is 30.5 Å². The average Bonchev–Trinajstić information content (AvgIpc) is 2.36. The number of carbonyl (C=O) groups is 1. The summed E-state index contributed by atoms with van der Waals surface area (Å²) in [6, 6.07) is 6.64. The smallest absolute Gasteiger partial charge is 0.422 e. The normalized spacial score (nSPS) is 11.3. The third kappa shape index (κ3) is 3.57. The van der Waals surface area contributed by atoms with Crippen LogP contribution in [0.15, 0.2) is 36.7 Å². The molecule has 1 aromatic carbocycles. The number of ether oxygens (including phenoxy) is 1. The fraction of sp³-hybridized carbons (Fsp3) is 0.167. The molecular weight excluding hydrogens is 261 g/mol. The third-order valence-electron chi connectivity index (χ3n) is 2.28.